The Morgan fingerprint density at radius 1 is 0.514 bits per heavy atom. The number of hydrogen-bond donors (Lipinski definition) is 6. The van der Waals surface area contributed by atoms with E-state index in [1.807, 2.05) is 6.08 Å². The van der Waals surface area contributed by atoms with E-state index in [1.54, 1.807) is 6.08 Å². The highest BCUT2D eigenvalue weighted by Crippen LogP contribution is 2.23. The van der Waals surface area contributed by atoms with Crippen molar-refractivity contribution in [3.05, 3.63) is 24.3 Å². The Morgan fingerprint density at radius 2 is 0.914 bits per heavy atom. The number of unbranched alkanes of at least 4 members (excludes halogenated alkanes) is 35. The highest BCUT2D eigenvalue weighted by Gasteiger charge is 2.44. The van der Waals surface area contributed by atoms with Gasteiger partial charge in [-0.25, -0.2) is 0 Å². The van der Waals surface area contributed by atoms with Crippen LogP contribution in [0.15, 0.2) is 24.3 Å². The second kappa shape index (κ2) is 49.4. The summed E-state index contributed by atoms with van der Waals surface area (Å²) >= 11 is 0. The summed E-state index contributed by atoms with van der Waals surface area (Å²) < 4.78 is 16.7. The maximum absolute atomic E-state index is 13.0. The Kier molecular flexibility index (Phi) is 46.6. The van der Waals surface area contributed by atoms with Gasteiger partial charge in [-0.1, -0.05) is 231 Å². The van der Waals surface area contributed by atoms with E-state index in [0.29, 0.717) is 19.4 Å². The van der Waals surface area contributed by atoms with Gasteiger partial charge < -0.3 is 45.1 Å². The third kappa shape index (κ3) is 38.7. The lowest BCUT2D eigenvalue weighted by molar-refractivity contribution is -0.302. The molecule has 6 N–H and O–H groups in total. The van der Waals surface area contributed by atoms with Gasteiger partial charge in [0.25, 0.3) is 0 Å². The third-order valence-corrected chi connectivity index (χ3v) is 14.1. The van der Waals surface area contributed by atoms with Crippen molar-refractivity contribution in [1.82, 2.24) is 5.32 Å². The molecule has 1 aliphatic heterocycles. The molecular weight excluding hydrogens is 883 g/mol. The molecule has 1 aliphatic rings. The Labute approximate surface area is 429 Å². The van der Waals surface area contributed by atoms with Crippen LogP contribution in [-0.4, -0.2) is 100 Å². The predicted octanol–water partition coefficient (Wildman–Crippen LogP) is 13.3. The molecule has 1 heterocycles. The molecule has 1 saturated heterocycles. The summed E-state index contributed by atoms with van der Waals surface area (Å²) in [5.41, 5.74) is 0. The van der Waals surface area contributed by atoms with Crippen LogP contribution in [0, 0.1) is 0 Å². The average molecular weight is 995 g/mol. The lowest BCUT2D eigenvalue weighted by Gasteiger charge is -2.40. The quantitative estimate of drug-likeness (QED) is 0.0195. The van der Waals surface area contributed by atoms with E-state index in [4.69, 9.17) is 14.2 Å². The fourth-order valence-corrected chi connectivity index (χ4v) is 9.31. The van der Waals surface area contributed by atoms with Crippen LogP contribution in [0.3, 0.4) is 0 Å². The first-order valence-corrected chi connectivity index (χ1v) is 29.6. The Bertz CT molecular complexity index is 1220. The number of rotatable bonds is 51. The fraction of sp³-hybridized carbons (Fsp3) is 0.898. The number of aliphatic hydroxyl groups excluding tert-OH is 5. The van der Waals surface area contributed by atoms with Gasteiger partial charge in [-0.2, -0.15) is 0 Å². The van der Waals surface area contributed by atoms with Gasteiger partial charge in [-0.05, 0) is 57.8 Å². The van der Waals surface area contributed by atoms with Crippen LogP contribution in [0.5, 0.6) is 0 Å². The zero-order chi connectivity index (χ0) is 51.0. The zero-order valence-corrected chi connectivity index (χ0v) is 45.2. The van der Waals surface area contributed by atoms with E-state index < -0.39 is 49.5 Å². The number of esters is 1. The normalized spacial score (nSPS) is 19.3. The molecule has 0 bridgehead atoms. The molecule has 0 aliphatic carbocycles. The minimum absolute atomic E-state index is 0.0209. The van der Waals surface area contributed by atoms with E-state index >= 15 is 0 Å². The molecule has 11 nitrogen and oxygen atoms in total. The topological polar surface area (TPSA) is 175 Å². The summed E-state index contributed by atoms with van der Waals surface area (Å²) in [5, 5.41) is 54.4. The highest BCUT2D eigenvalue weighted by atomic mass is 16.7. The summed E-state index contributed by atoms with van der Waals surface area (Å²) in [6.45, 7) is 4.32. The summed E-state index contributed by atoms with van der Waals surface area (Å²) in [6, 6.07) is -0.822. The van der Waals surface area contributed by atoms with Crippen LogP contribution < -0.4 is 5.32 Å². The van der Waals surface area contributed by atoms with E-state index in [-0.39, 0.29) is 18.5 Å². The van der Waals surface area contributed by atoms with Crippen LogP contribution in [0.25, 0.3) is 0 Å². The van der Waals surface area contributed by atoms with E-state index in [2.05, 4.69) is 31.3 Å². The molecule has 1 fully saturated rings. The van der Waals surface area contributed by atoms with Crippen molar-refractivity contribution in [2.45, 2.75) is 320 Å². The van der Waals surface area contributed by atoms with Crippen molar-refractivity contribution in [2.24, 2.45) is 0 Å². The van der Waals surface area contributed by atoms with Crippen molar-refractivity contribution in [3.8, 4) is 0 Å². The molecule has 0 aromatic rings. The molecule has 0 aromatic carbocycles. The largest absolute Gasteiger partial charge is 0.466 e. The molecule has 0 aromatic heterocycles. The van der Waals surface area contributed by atoms with E-state index in [9.17, 15) is 35.1 Å². The van der Waals surface area contributed by atoms with Gasteiger partial charge in [0.05, 0.1) is 32.0 Å². The molecule has 1 rings (SSSR count). The SMILES string of the molecule is CCCCCCCCCCCCCCC/C=C/C(O)C(COC1OC(CO)C(O)C(O)C1O)NC(=O)CCCCCCC/C=C\CCCCCCCCCOC(=O)CCCCCCCCCCCCC. The van der Waals surface area contributed by atoms with Gasteiger partial charge in [-0.3, -0.25) is 9.59 Å². The summed E-state index contributed by atoms with van der Waals surface area (Å²) in [5.74, 6) is -0.218. The zero-order valence-electron chi connectivity index (χ0n) is 45.2. The lowest BCUT2D eigenvalue weighted by atomic mass is 9.99. The van der Waals surface area contributed by atoms with Crippen LogP contribution in [0.4, 0.5) is 0 Å². The predicted molar refractivity (Wildman–Crippen MR) is 288 cm³/mol. The maximum atomic E-state index is 13.0. The fourth-order valence-electron chi connectivity index (χ4n) is 9.31. The summed E-state index contributed by atoms with van der Waals surface area (Å²) in [4.78, 5) is 25.1. The number of carbonyl (C=O) groups is 2. The monoisotopic (exact) mass is 994 g/mol. The molecule has 1 amide bonds. The standard InChI is InChI=1S/C59H111NO10/c1-3-5-7-9-11-13-15-16-19-22-26-29-33-37-41-45-52(62)51(50-69-59-58(67)57(66)56(65)53(49-61)70-59)60-54(63)46-42-38-34-30-27-23-20-17-18-21-24-28-32-36-40-44-48-68-55(64)47-43-39-35-31-25-14-12-10-8-6-4-2/h17,20,41,45,51-53,56-59,61-62,65-67H,3-16,18-19,21-40,42-44,46-50H2,1-2H3,(H,60,63)/b20-17-,45-41+. The number of allylic oxidation sites excluding steroid dienone is 3. The minimum atomic E-state index is -1.58. The van der Waals surface area contributed by atoms with Crippen molar-refractivity contribution in [3.63, 3.8) is 0 Å². The van der Waals surface area contributed by atoms with Gasteiger partial charge in [0.2, 0.25) is 5.91 Å². The van der Waals surface area contributed by atoms with Crippen molar-refractivity contribution in [1.29, 1.82) is 0 Å². The van der Waals surface area contributed by atoms with Gasteiger partial charge in [0.1, 0.15) is 24.4 Å². The molecule has 11 heteroatoms. The molecule has 0 radical (unpaired) electrons. The Morgan fingerprint density at radius 3 is 1.37 bits per heavy atom. The van der Waals surface area contributed by atoms with Crippen LogP contribution >= 0.6 is 0 Å². The first-order chi connectivity index (χ1) is 34.2. The summed E-state index contributed by atoms with van der Waals surface area (Å²) in [6.07, 6.45) is 48.2. The van der Waals surface area contributed by atoms with Gasteiger partial charge in [-0.15, -0.1) is 0 Å². The average Bonchev–Trinajstić information content (AvgIpc) is 3.36. The van der Waals surface area contributed by atoms with Gasteiger partial charge in [0, 0.05) is 12.8 Å². The number of carbonyl (C=O) groups excluding carboxylic acids is 2. The number of nitrogens with one attached hydrogen (secondary N) is 1. The van der Waals surface area contributed by atoms with Crippen LogP contribution in [0.1, 0.15) is 277 Å². The number of amides is 1. The summed E-state index contributed by atoms with van der Waals surface area (Å²) in [7, 11) is 0. The van der Waals surface area contributed by atoms with E-state index in [1.165, 1.54) is 161 Å². The Hall–Kier alpha value is -1.86. The lowest BCUT2D eigenvalue weighted by Crippen LogP contribution is -2.60. The number of aliphatic hydroxyl groups is 5. The molecule has 0 spiro atoms. The number of hydrogen-bond acceptors (Lipinski definition) is 10. The van der Waals surface area contributed by atoms with Gasteiger partial charge in [0.15, 0.2) is 6.29 Å². The Balaban J connectivity index is 2.16. The maximum Gasteiger partial charge on any atom is 0.305 e. The first-order valence-electron chi connectivity index (χ1n) is 29.6. The van der Waals surface area contributed by atoms with Crippen LogP contribution in [-0.2, 0) is 23.8 Å². The van der Waals surface area contributed by atoms with Crippen LogP contribution in [0.2, 0.25) is 0 Å². The molecule has 70 heavy (non-hydrogen) atoms. The van der Waals surface area contributed by atoms with Crippen molar-refractivity contribution in [2.75, 3.05) is 19.8 Å². The second-order valence-corrected chi connectivity index (χ2v) is 20.7. The smallest absolute Gasteiger partial charge is 0.305 e. The highest BCUT2D eigenvalue weighted by molar-refractivity contribution is 5.76. The molecular formula is C59H111NO10. The number of ether oxygens (including phenoxy) is 3. The van der Waals surface area contributed by atoms with E-state index in [0.717, 1.165) is 89.9 Å². The molecule has 7 unspecified atom stereocenters. The van der Waals surface area contributed by atoms with Crippen molar-refractivity contribution < 1.29 is 49.3 Å². The van der Waals surface area contributed by atoms with Gasteiger partial charge >= 0.3 is 5.97 Å². The molecule has 7 atom stereocenters. The third-order valence-electron chi connectivity index (χ3n) is 14.1. The minimum Gasteiger partial charge on any atom is -0.466 e. The molecule has 412 valence electrons. The molecule has 0 saturated carbocycles. The second-order valence-electron chi connectivity index (χ2n) is 20.7. The van der Waals surface area contributed by atoms with Crippen molar-refractivity contribution >= 4 is 11.9 Å². The first kappa shape index (κ1) is 66.2.